The summed E-state index contributed by atoms with van der Waals surface area (Å²) in [6, 6.07) is 0. The van der Waals surface area contributed by atoms with Gasteiger partial charge in [0.2, 0.25) is 15.9 Å². The Hall–Kier alpha value is -0.660. The Morgan fingerprint density at radius 2 is 1.65 bits per heavy atom. The van der Waals surface area contributed by atoms with E-state index in [9.17, 15) is 13.2 Å². The van der Waals surface area contributed by atoms with Crippen LogP contribution in [0.25, 0.3) is 0 Å². The second kappa shape index (κ2) is 7.49. The first-order valence-electron chi connectivity index (χ1n) is 9.05. The molecule has 1 saturated carbocycles. The molecule has 2 aliphatic heterocycles. The van der Waals surface area contributed by atoms with E-state index < -0.39 is 10.0 Å². The lowest BCUT2D eigenvalue weighted by Crippen LogP contribution is -2.39. The average Bonchev–Trinajstić information content (AvgIpc) is 3.29. The molecule has 0 aromatic rings. The molecule has 23 heavy (non-hydrogen) atoms. The van der Waals surface area contributed by atoms with Crippen molar-refractivity contribution in [2.75, 3.05) is 51.6 Å². The highest BCUT2D eigenvalue weighted by molar-refractivity contribution is 7.89. The van der Waals surface area contributed by atoms with E-state index in [4.69, 9.17) is 0 Å². The van der Waals surface area contributed by atoms with E-state index in [0.717, 1.165) is 38.9 Å². The Kier molecular flexibility index (Phi) is 5.59. The number of hydrogen-bond acceptors (Lipinski definition) is 4. The number of carbonyl (C=O) groups excluding carboxylic acids is 1. The van der Waals surface area contributed by atoms with E-state index >= 15 is 0 Å². The minimum Gasteiger partial charge on any atom is -0.341 e. The van der Waals surface area contributed by atoms with E-state index in [2.05, 4.69) is 4.90 Å². The molecule has 6 nitrogen and oxygen atoms in total. The highest BCUT2D eigenvalue weighted by atomic mass is 32.2. The maximum atomic E-state index is 12.5. The Bertz CT molecular complexity index is 513. The third-order valence-corrected chi connectivity index (χ3v) is 7.12. The number of carbonyl (C=O) groups is 1. The summed E-state index contributed by atoms with van der Waals surface area (Å²) >= 11 is 0. The van der Waals surface area contributed by atoms with Crippen molar-refractivity contribution in [1.82, 2.24) is 14.1 Å². The number of hydrogen-bond donors (Lipinski definition) is 0. The van der Waals surface area contributed by atoms with Crippen molar-refractivity contribution >= 4 is 15.9 Å². The maximum Gasteiger partial charge on any atom is 0.225 e. The van der Waals surface area contributed by atoms with Crippen LogP contribution in [0.1, 0.15) is 38.5 Å². The zero-order chi connectivity index (χ0) is 16.3. The van der Waals surface area contributed by atoms with Crippen LogP contribution < -0.4 is 0 Å². The molecule has 7 heteroatoms. The van der Waals surface area contributed by atoms with Gasteiger partial charge in [-0.25, -0.2) is 12.7 Å². The first-order valence-corrected chi connectivity index (χ1v) is 10.7. The molecule has 0 spiro atoms. The van der Waals surface area contributed by atoms with Gasteiger partial charge in [-0.15, -0.1) is 0 Å². The van der Waals surface area contributed by atoms with Crippen LogP contribution in [0, 0.1) is 5.92 Å². The molecular weight excluding hydrogens is 314 g/mol. The maximum absolute atomic E-state index is 12.5. The highest BCUT2D eigenvalue weighted by Gasteiger charge is 2.35. The van der Waals surface area contributed by atoms with Crippen LogP contribution in [0.4, 0.5) is 0 Å². The van der Waals surface area contributed by atoms with Gasteiger partial charge in [-0.2, -0.15) is 0 Å². The van der Waals surface area contributed by atoms with E-state index in [1.807, 2.05) is 4.90 Å². The predicted octanol–water partition coefficient (Wildman–Crippen LogP) is 0.746. The lowest BCUT2D eigenvalue weighted by atomic mass is 10.3. The van der Waals surface area contributed by atoms with E-state index in [1.165, 1.54) is 12.8 Å². The van der Waals surface area contributed by atoms with Gasteiger partial charge in [-0.3, -0.25) is 4.79 Å². The van der Waals surface area contributed by atoms with E-state index in [-0.39, 0.29) is 17.6 Å². The van der Waals surface area contributed by atoms with Gasteiger partial charge in [0.15, 0.2) is 0 Å². The van der Waals surface area contributed by atoms with Gasteiger partial charge in [0.1, 0.15) is 0 Å². The molecular formula is C16H29N3O3S. The van der Waals surface area contributed by atoms with Crippen molar-refractivity contribution in [2.45, 2.75) is 38.5 Å². The number of rotatable bonds is 6. The van der Waals surface area contributed by atoms with Gasteiger partial charge in [-0.05, 0) is 58.2 Å². The van der Waals surface area contributed by atoms with Crippen molar-refractivity contribution in [1.29, 1.82) is 0 Å². The fourth-order valence-corrected chi connectivity index (χ4v) is 5.11. The summed E-state index contributed by atoms with van der Waals surface area (Å²) in [6.45, 7) is 5.39. The second-order valence-electron chi connectivity index (χ2n) is 7.07. The number of nitrogens with zero attached hydrogens (tertiary/aromatic N) is 3. The smallest absolute Gasteiger partial charge is 0.225 e. The standard InChI is InChI=1S/C16H29N3O3S/c20-16(15-5-6-15)18-10-3-11-19(13-12-18)23(21,22)14-4-9-17-7-1-2-8-17/h15H,1-14H2. The van der Waals surface area contributed by atoms with Gasteiger partial charge in [-0.1, -0.05) is 0 Å². The minimum atomic E-state index is -3.18. The van der Waals surface area contributed by atoms with Gasteiger partial charge >= 0.3 is 0 Å². The first-order chi connectivity index (χ1) is 11.1. The average molecular weight is 343 g/mol. The van der Waals surface area contributed by atoms with Crippen LogP contribution in [-0.2, 0) is 14.8 Å². The summed E-state index contributed by atoms with van der Waals surface area (Å²) in [6.07, 6.45) is 5.96. The number of sulfonamides is 1. The number of amides is 1. The molecule has 0 N–H and O–H groups in total. The lowest BCUT2D eigenvalue weighted by Gasteiger charge is -2.22. The quantitative estimate of drug-likeness (QED) is 0.714. The fourth-order valence-electron chi connectivity index (χ4n) is 3.59. The zero-order valence-corrected chi connectivity index (χ0v) is 14.8. The Labute approximate surface area is 139 Å². The van der Waals surface area contributed by atoms with Gasteiger partial charge in [0.25, 0.3) is 0 Å². The summed E-state index contributed by atoms with van der Waals surface area (Å²) in [7, 11) is -3.18. The highest BCUT2D eigenvalue weighted by Crippen LogP contribution is 2.31. The summed E-state index contributed by atoms with van der Waals surface area (Å²) in [5.41, 5.74) is 0. The molecule has 0 bridgehead atoms. The summed E-state index contributed by atoms with van der Waals surface area (Å²) in [5.74, 6) is 0.692. The molecule has 132 valence electrons. The fraction of sp³-hybridized carbons (Fsp3) is 0.938. The topological polar surface area (TPSA) is 60.9 Å². The van der Waals surface area contributed by atoms with E-state index in [0.29, 0.717) is 32.6 Å². The van der Waals surface area contributed by atoms with Crippen LogP contribution in [0.3, 0.4) is 0 Å². The third kappa shape index (κ3) is 4.67. The van der Waals surface area contributed by atoms with Crippen molar-refractivity contribution < 1.29 is 13.2 Å². The molecule has 1 aliphatic carbocycles. The van der Waals surface area contributed by atoms with Crippen molar-refractivity contribution in [3.63, 3.8) is 0 Å². The lowest BCUT2D eigenvalue weighted by molar-refractivity contribution is -0.132. The molecule has 3 fully saturated rings. The third-order valence-electron chi connectivity index (χ3n) is 5.16. The molecule has 0 radical (unpaired) electrons. The summed E-state index contributed by atoms with van der Waals surface area (Å²) < 4.78 is 26.7. The van der Waals surface area contributed by atoms with E-state index in [1.54, 1.807) is 4.31 Å². The SMILES string of the molecule is O=C(C1CC1)N1CCCN(S(=O)(=O)CCCN2CCCC2)CC1. The largest absolute Gasteiger partial charge is 0.341 e. The minimum absolute atomic E-state index is 0.221. The second-order valence-corrected chi connectivity index (χ2v) is 9.16. The van der Waals surface area contributed by atoms with Crippen LogP contribution >= 0.6 is 0 Å². The Balaban J connectivity index is 1.45. The normalized spacial score (nSPS) is 24.8. The first kappa shape index (κ1) is 17.2. The van der Waals surface area contributed by atoms with Crippen LogP contribution in [-0.4, -0.2) is 80.0 Å². The van der Waals surface area contributed by atoms with Gasteiger partial charge < -0.3 is 9.80 Å². The van der Waals surface area contributed by atoms with Gasteiger partial charge in [0.05, 0.1) is 5.75 Å². The van der Waals surface area contributed by atoms with Crippen molar-refractivity contribution in [2.24, 2.45) is 5.92 Å². The summed E-state index contributed by atoms with van der Waals surface area (Å²) in [4.78, 5) is 16.4. The monoisotopic (exact) mass is 343 g/mol. The molecule has 0 atom stereocenters. The molecule has 2 saturated heterocycles. The summed E-state index contributed by atoms with van der Waals surface area (Å²) in [5, 5.41) is 0. The Morgan fingerprint density at radius 3 is 2.35 bits per heavy atom. The molecule has 3 aliphatic rings. The molecule has 1 amide bonds. The molecule has 3 rings (SSSR count). The number of likely N-dealkylation sites (tertiary alicyclic amines) is 1. The van der Waals surface area contributed by atoms with Crippen LogP contribution in [0.5, 0.6) is 0 Å². The van der Waals surface area contributed by atoms with Crippen LogP contribution in [0.2, 0.25) is 0 Å². The zero-order valence-electron chi connectivity index (χ0n) is 14.0. The van der Waals surface area contributed by atoms with Gasteiger partial charge in [0, 0.05) is 32.1 Å². The van der Waals surface area contributed by atoms with Crippen molar-refractivity contribution in [3.05, 3.63) is 0 Å². The predicted molar refractivity (Wildman–Crippen MR) is 89.6 cm³/mol. The molecule has 2 heterocycles. The van der Waals surface area contributed by atoms with Crippen molar-refractivity contribution in [3.8, 4) is 0 Å². The Morgan fingerprint density at radius 1 is 0.913 bits per heavy atom. The molecule has 0 aromatic heterocycles. The molecule has 0 unspecified atom stereocenters. The van der Waals surface area contributed by atoms with Crippen LogP contribution in [0.15, 0.2) is 0 Å². The molecule has 0 aromatic carbocycles.